The lowest BCUT2D eigenvalue weighted by molar-refractivity contribution is 0.196. The summed E-state index contributed by atoms with van der Waals surface area (Å²) < 4.78 is 5.11. The molecule has 0 aliphatic rings. The van der Waals surface area contributed by atoms with E-state index in [1.54, 1.807) is 20.2 Å². The molecule has 1 N–H and O–H groups in total. The zero-order valence-electron chi connectivity index (χ0n) is 11.1. The van der Waals surface area contributed by atoms with Crippen molar-refractivity contribution in [2.45, 2.75) is 32.9 Å². The van der Waals surface area contributed by atoms with Gasteiger partial charge in [0.25, 0.3) is 0 Å². The molecular formula is C13H22N2O2. The average Bonchev–Trinajstić information content (AvgIpc) is 2.29. The predicted octanol–water partition coefficient (Wildman–Crippen LogP) is 2.00. The summed E-state index contributed by atoms with van der Waals surface area (Å²) >= 11 is 0. The Labute approximate surface area is 103 Å². The third kappa shape index (κ3) is 3.68. The number of nitrogens with zero attached hydrogens (tertiary/aromatic N) is 2. The molecule has 0 fully saturated rings. The molecule has 0 saturated carbocycles. The van der Waals surface area contributed by atoms with Crippen molar-refractivity contribution >= 4 is 5.82 Å². The highest BCUT2D eigenvalue weighted by atomic mass is 16.5. The van der Waals surface area contributed by atoms with E-state index in [0.717, 1.165) is 17.9 Å². The van der Waals surface area contributed by atoms with Crippen LogP contribution in [0.4, 0.5) is 5.82 Å². The lowest BCUT2D eigenvalue weighted by Gasteiger charge is -2.30. The number of aromatic nitrogens is 1. The smallest absolute Gasteiger partial charge is 0.134 e. The maximum atomic E-state index is 9.76. The number of pyridine rings is 1. The van der Waals surface area contributed by atoms with Crippen LogP contribution in [-0.4, -0.2) is 36.4 Å². The van der Waals surface area contributed by atoms with Gasteiger partial charge in [-0.3, -0.25) is 0 Å². The summed E-state index contributed by atoms with van der Waals surface area (Å²) in [5.74, 6) is 0.842. The fraction of sp³-hybridized carbons (Fsp3) is 0.615. The van der Waals surface area contributed by atoms with Crippen molar-refractivity contribution in [3.63, 3.8) is 0 Å². The Kier molecular flexibility index (Phi) is 5.38. The topological polar surface area (TPSA) is 45.6 Å². The summed E-state index contributed by atoms with van der Waals surface area (Å²) in [4.78, 5) is 6.53. The molecule has 0 aliphatic carbocycles. The van der Waals surface area contributed by atoms with Crippen LogP contribution in [0.5, 0.6) is 0 Å². The van der Waals surface area contributed by atoms with Crippen molar-refractivity contribution in [2.24, 2.45) is 0 Å². The minimum atomic E-state index is -0.512. The molecule has 96 valence electrons. The van der Waals surface area contributed by atoms with Crippen LogP contribution in [0.2, 0.25) is 0 Å². The second-order valence-electron chi connectivity index (χ2n) is 4.37. The summed E-state index contributed by atoms with van der Waals surface area (Å²) in [6, 6.07) is 4.08. The van der Waals surface area contributed by atoms with E-state index in [4.69, 9.17) is 4.74 Å². The number of hydrogen-bond acceptors (Lipinski definition) is 4. The zero-order valence-corrected chi connectivity index (χ0v) is 11.1. The molecule has 0 spiro atoms. The Morgan fingerprint density at radius 2 is 2.12 bits per heavy atom. The summed E-state index contributed by atoms with van der Waals surface area (Å²) in [6.07, 6.45) is 1.24. The number of hydrogen-bond donors (Lipinski definition) is 1. The molecule has 0 radical (unpaired) electrons. The molecular weight excluding hydrogens is 216 g/mol. The van der Waals surface area contributed by atoms with Crippen LogP contribution in [0, 0.1) is 0 Å². The predicted molar refractivity (Wildman–Crippen MR) is 69.2 cm³/mol. The number of methoxy groups -OCH3 is 1. The Morgan fingerprint density at radius 1 is 1.41 bits per heavy atom. The molecule has 0 aromatic carbocycles. The normalized spacial score (nSPS) is 12.8. The van der Waals surface area contributed by atoms with E-state index < -0.39 is 6.10 Å². The molecule has 1 aromatic heterocycles. The standard InChI is InChI=1S/C13H22N2O2/c1-10(2)15(8-9-17-4)13-12(11(3)16)6-5-7-14-13/h5-7,10-11,16H,8-9H2,1-4H3. The van der Waals surface area contributed by atoms with Gasteiger partial charge in [-0.05, 0) is 26.8 Å². The highest BCUT2D eigenvalue weighted by molar-refractivity contribution is 5.48. The van der Waals surface area contributed by atoms with Gasteiger partial charge in [-0.2, -0.15) is 0 Å². The molecule has 1 unspecified atom stereocenters. The SMILES string of the molecule is COCCN(c1ncccc1C(C)O)C(C)C. The number of aliphatic hydroxyl groups excluding tert-OH is 1. The Bertz CT molecular complexity index is 340. The molecule has 0 amide bonds. The van der Waals surface area contributed by atoms with Crippen LogP contribution in [0.25, 0.3) is 0 Å². The van der Waals surface area contributed by atoms with Crippen LogP contribution >= 0.6 is 0 Å². The molecule has 0 bridgehead atoms. The highest BCUT2D eigenvalue weighted by Crippen LogP contribution is 2.24. The van der Waals surface area contributed by atoms with Gasteiger partial charge < -0.3 is 14.7 Å². The van der Waals surface area contributed by atoms with Crippen LogP contribution in [0.15, 0.2) is 18.3 Å². The summed E-state index contributed by atoms with van der Waals surface area (Å²) in [5.41, 5.74) is 0.859. The van der Waals surface area contributed by atoms with Gasteiger partial charge in [-0.15, -0.1) is 0 Å². The van der Waals surface area contributed by atoms with Crippen molar-refractivity contribution in [3.8, 4) is 0 Å². The van der Waals surface area contributed by atoms with E-state index in [2.05, 4.69) is 23.7 Å². The first-order valence-electron chi connectivity index (χ1n) is 5.96. The van der Waals surface area contributed by atoms with Gasteiger partial charge in [0.15, 0.2) is 0 Å². The molecule has 0 saturated heterocycles. The molecule has 1 atom stereocenters. The molecule has 1 rings (SSSR count). The van der Waals surface area contributed by atoms with E-state index in [-0.39, 0.29) is 0 Å². The van der Waals surface area contributed by atoms with Crippen molar-refractivity contribution in [1.82, 2.24) is 4.98 Å². The van der Waals surface area contributed by atoms with Crippen LogP contribution in [0.3, 0.4) is 0 Å². The monoisotopic (exact) mass is 238 g/mol. The van der Waals surface area contributed by atoms with Crippen molar-refractivity contribution in [2.75, 3.05) is 25.2 Å². The van der Waals surface area contributed by atoms with Gasteiger partial charge in [0.05, 0.1) is 12.7 Å². The Morgan fingerprint density at radius 3 is 2.65 bits per heavy atom. The van der Waals surface area contributed by atoms with E-state index in [1.807, 2.05) is 12.1 Å². The quantitative estimate of drug-likeness (QED) is 0.823. The molecule has 1 aromatic rings. The van der Waals surface area contributed by atoms with Gasteiger partial charge in [0.2, 0.25) is 0 Å². The first-order valence-corrected chi connectivity index (χ1v) is 5.96. The first-order chi connectivity index (χ1) is 8.07. The van der Waals surface area contributed by atoms with Crippen molar-refractivity contribution in [1.29, 1.82) is 0 Å². The molecule has 1 heterocycles. The average molecular weight is 238 g/mol. The van der Waals surface area contributed by atoms with E-state index in [9.17, 15) is 5.11 Å². The van der Waals surface area contributed by atoms with Crippen molar-refractivity contribution < 1.29 is 9.84 Å². The number of ether oxygens (including phenoxy) is 1. The molecule has 4 heteroatoms. The Balaban J connectivity index is 3.00. The summed E-state index contributed by atoms with van der Waals surface area (Å²) in [5, 5.41) is 9.76. The van der Waals surface area contributed by atoms with Gasteiger partial charge in [0.1, 0.15) is 5.82 Å². The minimum absolute atomic E-state index is 0.317. The number of aliphatic hydroxyl groups is 1. The highest BCUT2D eigenvalue weighted by Gasteiger charge is 2.17. The van der Waals surface area contributed by atoms with Gasteiger partial charge >= 0.3 is 0 Å². The maximum absolute atomic E-state index is 9.76. The van der Waals surface area contributed by atoms with Crippen molar-refractivity contribution in [3.05, 3.63) is 23.9 Å². The lowest BCUT2D eigenvalue weighted by Crippen LogP contribution is -2.35. The van der Waals surface area contributed by atoms with E-state index >= 15 is 0 Å². The summed E-state index contributed by atoms with van der Waals surface area (Å²) in [7, 11) is 1.69. The fourth-order valence-corrected chi connectivity index (χ4v) is 1.77. The molecule has 0 aliphatic heterocycles. The zero-order chi connectivity index (χ0) is 12.8. The van der Waals surface area contributed by atoms with Crippen LogP contribution in [0.1, 0.15) is 32.4 Å². The fourth-order valence-electron chi connectivity index (χ4n) is 1.77. The second kappa shape index (κ2) is 6.57. The number of anilines is 1. The van der Waals surface area contributed by atoms with E-state index in [0.29, 0.717) is 12.6 Å². The summed E-state index contributed by atoms with van der Waals surface area (Å²) in [6.45, 7) is 7.39. The minimum Gasteiger partial charge on any atom is -0.389 e. The number of rotatable bonds is 6. The second-order valence-corrected chi connectivity index (χ2v) is 4.37. The van der Waals surface area contributed by atoms with Crippen LogP contribution in [-0.2, 0) is 4.74 Å². The largest absolute Gasteiger partial charge is 0.389 e. The van der Waals surface area contributed by atoms with E-state index in [1.165, 1.54) is 0 Å². The third-order valence-corrected chi connectivity index (χ3v) is 2.70. The van der Waals surface area contributed by atoms with Gasteiger partial charge in [0, 0.05) is 31.5 Å². The van der Waals surface area contributed by atoms with Gasteiger partial charge in [-0.1, -0.05) is 6.07 Å². The molecule has 4 nitrogen and oxygen atoms in total. The Hall–Kier alpha value is -1.13. The van der Waals surface area contributed by atoms with Gasteiger partial charge in [-0.25, -0.2) is 4.98 Å². The first kappa shape index (κ1) is 13.9. The molecule has 17 heavy (non-hydrogen) atoms. The maximum Gasteiger partial charge on any atom is 0.134 e. The lowest BCUT2D eigenvalue weighted by atomic mass is 10.1. The van der Waals surface area contributed by atoms with Crippen LogP contribution < -0.4 is 4.90 Å². The third-order valence-electron chi connectivity index (χ3n) is 2.70.